The molecule has 1 aromatic heterocycles. The van der Waals surface area contributed by atoms with E-state index in [1.165, 1.54) is 15.9 Å². The average molecular weight is 701 g/mol. The maximum atomic E-state index is 14.2. The van der Waals surface area contributed by atoms with Crippen molar-refractivity contribution in [3.8, 4) is 23.0 Å². The molecule has 1 aliphatic heterocycles. The molecule has 11 nitrogen and oxygen atoms in total. The summed E-state index contributed by atoms with van der Waals surface area (Å²) in [6.45, 7) is 9.79. The molecule has 0 unspecified atom stereocenters. The Morgan fingerprint density at radius 2 is 1.54 bits per heavy atom. The van der Waals surface area contributed by atoms with Gasteiger partial charge in [-0.3, -0.25) is 9.36 Å². The first-order valence-electron chi connectivity index (χ1n) is 16.2. The summed E-state index contributed by atoms with van der Waals surface area (Å²) in [7, 11) is 3.08. The van der Waals surface area contributed by atoms with E-state index < -0.39 is 12.0 Å². The van der Waals surface area contributed by atoms with Gasteiger partial charge in [0, 0.05) is 0 Å². The molecule has 0 bridgehead atoms. The van der Waals surface area contributed by atoms with Gasteiger partial charge in [0.15, 0.2) is 27.8 Å². The molecule has 0 aliphatic carbocycles. The SMILES string of the molecule is CCOC(=O)C1=C(C)N=c2s/c(=C/c3ccc(OCc4ccc(C(=O)OCC)cc4)c(OC)c3)c(=O)n2[C@@H]1c1ccc(OC(C)C)c(OC)c1. The summed E-state index contributed by atoms with van der Waals surface area (Å²) in [6, 6.07) is 16.9. The smallest absolute Gasteiger partial charge is 0.338 e. The second-order valence-corrected chi connectivity index (χ2v) is 12.5. The molecule has 5 rings (SSSR count). The molecule has 1 aliphatic rings. The van der Waals surface area contributed by atoms with Crippen LogP contribution in [0.15, 0.2) is 81.7 Å². The highest BCUT2D eigenvalue weighted by Gasteiger charge is 2.34. The molecule has 0 radical (unpaired) electrons. The van der Waals surface area contributed by atoms with Crippen molar-refractivity contribution in [3.63, 3.8) is 0 Å². The van der Waals surface area contributed by atoms with Crippen LogP contribution >= 0.6 is 11.3 Å². The minimum atomic E-state index is -0.814. The fourth-order valence-electron chi connectivity index (χ4n) is 5.47. The number of hydrogen-bond acceptors (Lipinski definition) is 11. The molecule has 0 amide bonds. The summed E-state index contributed by atoms with van der Waals surface area (Å²) >= 11 is 1.22. The van der Waals surface area contributed by atoms with Crippen LogP contribution in [0.2, 0.25) is 0 Å². The molecule has 2 heterocycles. The van der Waals surface area contributed by atoms with Crippen LogP contribution in [0.25, 0.3) is 6.08 Å². The van der Waals surface area contributed by atoms with Crippen LogP contribution < -0.4 is 33.8 Å². The molecule has 50 heavy (non-hydrogen) atoms. The molecule has 0 saturated heterocycles. The Morgan fingerprint density at radius 1 is 0.880 bits per heavy atom. The summed E-state index contributed by atoms with van der Waals surface area (Å²) in [5.74, 6) is 1.08. The minimum absolute atomic E-state index is 0.0830. The minimum Gasteiger partial charge on any atom is -0.493 e. The van der Waals surface area contributed by atoms with Crippen LogP contribution in [-0.2, 0) is 20.9 Å². The number of fused-ring (bicyclic) bond motifs is 1. The van der Waals surface area contributed by atoms with Gasteiger partial charge in [0.2, 0.25) is 0 Å². The number of allylic oxidation sites excluding steroid dienone is 1. The third kappa shape index (κ3) is 7.76. The fourth-order valence-corrected chi connectivity index (χ4v) is 6.52. The molecule has 4 aromatic rings. The van der Waals surface area contributed by atoms with Gasteiger partial charge in [-0.1, -0.05) is 35.6 Å². The molecule has 0 fully saturated rings. The van der Waals surface area contributed by atoms with E-state index in [0.717, 1.165) is 5.56 Å². The van der Waals surface area contributed by atoms with Crippen molar-refractivity contribution in [2.75, 3.05) is 27.4 Å². The summed E-state index contributed by atoms with van der Waals surface area (Å²) in [5, 5.41) is 0. The summed E-state index contributed by atoms with van der Waals surface area (Å²) in [4.78, 5) is 44.6. The zero-order valence-electron chi connectivity index (χ0n) is 29.1. The predicted molar refractivity (Wildman–Crippen MR) is 189 cm³/mol. The first-order chi connectivity index (χ1) is 24.1. The molecule has 0 spiro atoms. The molecule has 1 atom stereocenters. The number of aromatic nitrogens is 1. The lowest BCUT2D eigenvalue weighted by molar-refractivity contribution is -0.139. The van der Waals surface area contributed by atoms with Crippen LogP contribution in [0.5, 0.6) is 23.0 Å². The Balaban J connectivity index is 1.49. The van der Waals surface area contributed by atoms with E-state index in [-0.39, 0.29) is 36.4 Å². The number of methoxy groups -OCH3 is 2. The van der Waals surface area contributed by atoms with Crippen LogP contribution in [0.3, 0.4) is 0 Å². The largest absolute Gasteiger partial charge is 0.493 e. The van der Waals surface area contributed by atoms with Crippen molar-refractivity contribution in [2.45, 2.75) is 53.4 Å². The second-order valence-electron chi connectivity index (χ2n) is 11.5. The van der Waals surface area contributed by atoms with E-state index in [2.05, 4.69) is 4.99 Å². The highest BCUT2D eigenvalue weighted by atomic mass is 32.1. The standard InChI is InChI=1S/C38H40N2O9S/c1-8-46-36(42)26-13-10-24(11-14-26)21-48-28-16-12-25(18-30(28)44-6)19-32-35(41)40-34(27-15-17-29(49-22(3)4)31(20-27)45-7)33(37(43)47-9-2)23(5)39-38(40)50-32/h10-20,22,34H,8-9,21H2,1-7H3/b32-19+/t34-/m1/s1. The maximum absolute atomic E-state index is 14.2. The van der Waals surface area contributed by atoms with Crippen LogP contribution in [-0.4, -0.2) is 50.0 Å². The number of hydrogen-bond donors (Lipinski definition) is 0. The van der Waals surface area contributed by atoms with Crippen molar-refractivity contribution in [3.05, 3.63) is 114 Å². The summed E-state index contributed by atoms with van der Waals surface area (Å²) < 4.78 is 35.6. The molecule has 0 N–H and O–H groups in total. The van der Waals surface area contributed by atoms with Gasteiger partial charge < -0.3 is 28.4 Å². The second kappa shape index (κ2) is 15.9. The zero-order chi connectivity index (χ0) is 35.9. The normalized spacial score (nSPS) is 14.2. The van der Waals surface area contributed by atoms with Crippen LogP contribution in [0, 0.1) is 0 Å². The Hall–Kier alpha value is -5.36. The molecular formula is C38H40N2O9S. The fraction of sp³-hybridized carbons (Fsp3) is 0.316. The van der Waals surface area contributed by atoms with Crippen LogP contribution in [0.1, 0.15) is 67.7 Å². The zero-order valence-corrected chi connectivity index (χ0v) is 29.9. The van der Waals surface area contributed by atoms with Gasteiger partial charge in [-0.15, -0.1) is 0 Å². The van der Waals surface area contributed by atoms with E-state index in [4.69, 9.17) is 28.4 Å². The van der Waals surface area contributed by atoms with Crippen molar-refractivity contribution >= 4 is 29.4 Å². The third-order valence-electron chi connectivity index (χ3n) is 7.73. The summed E-state index contributed by atoms with van der Waals surface area (Å²) in [6.07, 6.45) is 1.67. The quantitative estimate of drug-likeness (QED) is 0.170. The molecule has 3 aromatic carbocycles. The van der Waals surface area contributed by atoms with Gasteiger partial charge >= 0.3 is 11.9 Å². The van der Waals surface area contributed by atoms with Gasteiger partial charge in [0.25, 0.3) is 5.56 Å². The number of nitrogens with zero attached hydrogens (tertiary/aromatic N) is 2. The molecular weight excluding hydrogens is 660 g/mol. The first kappa shape index (κ1) is 35.9. The number of rotatable bonds is 13. The van der Waals surface area contributed by atoms with E-state index >= 15 is 0 Å². The third-order valence-corrected chi connectivity index (χ3v) is 8.71. The number of esters is 2. The van der Waals surface area contributed by atoms with Gasteiger partial charge in [-0.05, 0) is 93.8 Å². The number of ether oxygens (including phenoxy) is 6. The first-order valence-corrected chi connectivity index (χ1v) is 17.0. The highest BCUT2D eigenvalue weighted by molar-refractivity contribution is 7.07. The van der Waals surface area contributed by atoms with Crippen LogP contribution in [0.4, 0.5) is 0 Å². The average Bonchev–Trinajstić information content (AvgIpc) is 3.40. The summed E-state index contributed by atoms with van der Waals surface area (Å²) in [5.41, 5.74) is 3.08. The van der Waals surface area contributed by atoms with Crippen molar-refractivity contribution in [1.82, 2.24) is 4.57 Å². The van der Waals surface area contributed by atoms with Gasteiger partial charge in [0.1, 0.15) is 6.61 Å². The van der Waals surface area contributed by atoms with Gasteiger partial charge in [0.05, 0.1) is 60.9 Å². The highest BCUT2D eigenvalue weighted by Crippen LogP contribution is 2.36. The monoisotopic (exact) mass is 700 g/mol. The number of carbonyl (C=O) groups is 2. The van der Waals surface area contributed by atoms with Gasteiger partial charge in [-0.2, -0.15) is 0 Å². The number of benzene rings is 3. The van der Waals surface area contributed by atoms with E-state index in [9.17, 15) is 14.4 Å². The topological polar surface area (TPSA) is 124 Å². The Kier molecular flexibility index (Phi) is 11.4. The van der Waals surface area contributed by atoms with E-state index in [1.54, 1.807) is 89.6 Å². The van der Waals surface area contributed by atoms with Gasteiger partial charge in [-0.25, -0.2) is 14.6 Å². The Labute approximate surface area is 294 Å². The van der Waals surface area contributed by atoms with Crippen molar-refractivity contribution in [1.29, 1.82) is 0 Å². The Bertz CT molecular complexity index is 2100. The van der Waals surface area contributed by atoms with Crippen molar-refractivity contribution < 1.29 is 38.0 Å². The van der Waals surface area contributed by atoms with E-state index in [1.807, 2.05) is 26.0 Å². The maximum Gasteiger partial charge on any atom is 0.338 e. The number of thiazole rings is 1. The lowest BCUT2D eigenvalue weighted by atomic mass is 9.95. The van der Waals surface area contributed by atoms with Crippen molar-refractivity contribution in [2.24, 2.45) is 4.99 Å². The molecule has 262 valence electrons. The van der Waals surface area contributed by atoms with E-state index in [0.29, 0.717) is 61.3 Å². The lowest BCUT2D eigenvalue weighted by Gasteiger charge is -2.25. The lowest BCUT2D eigenvalue weighted by Crippen LogP contribution is -2.40. The predicted octanol–water partition coefficient (Wildman–Crippen LogP) is 5.36. The number of carbonyl (C=O) groups excluding carboxylic acids is 2. The molecule has 0 saturated carbocycles. The molecule has 12 heteroatoms. The Morgan fingerprint density at radius 3 is 2.20 bits per heavy atom.